The van der Waals surface area contributed by atoms with Gasteiger partial charge in [-0.05, 0) is 25.0 Å². The maximum atomic E-state index is 6.08. The van der Waals surface area contributed by atoms with Crippen LogP contribution >= 0.6 is 23.2 Å². The third kappa shape index (κ3) is 1.98. The highest BCUT2D eigenvalue weighted by Crippen LogP contribution is 2.39. The Morgan fingerprint density at radius 1 is 1.29 bits per heavy atom. The van der Waals surface area contributed by atoms with Crippen molar-refractivity contribution in [3.8, 4) is 5.82 Å². The molecule has 2 N–H and O–H groups in total. The molecule has 1 aliphatic rings. The Kier molecular flexibility index (Phi) is 2.49. The topological polar surface area (TPSA) is 56.7 Å². The zero-order valence-electron chi connectivity index (χ0n) is 8.90. The van der Waals surface area contributed by atoms with Gasteiger partial charge >= 0.3 is 0 Å². The highest BCUT2D eigenvalue weighted by molar-refractivity contribution is 6.36. The van der Waals surface area contributed by atoms with E-state index >= 15 is 0 Å². The zero-order valence-corrected chi connectivity index (χ0v) is 10.4. The van der Waals surface area contributed by atoms with E-state index in [2.05, 4.69) is 10.1 Å². The van der Waals surface area contributed by atoms with Gasteiger partial charge in [-0.3, -0.25) is 0 Å². The zero-order chi connectivity index (χ0) is 12.0. The van der Waals surface area contributed by atoms with Gasteiger partial charge in [0.25, 0.3) is 0 Å². The molecule has 1 aliphatic carbocycles. The fourth-order valence-electron chi connectivity index (χ4n) is 1.68. The lowest BCUT2D eigenvalue weighted by atomic mass is 10.3. The summed E-state index contributed by atoms with van der Waals surface area (Å²) < 4.78 is 1.64. The summed E-state index contributed by atoms with van der Waals surface area (Å²) in [5, 5.41) is 5.24. The summed E-state index contributed by atoms with van der Waals surface area (Å²) in [4.78, 5) is 4.15. The lowest BCUT2D eigenvalue weighted by molar-refractivity contribution is 0.814. The molecule has 6 heteroatoms. The number of hydrogen-bond acceptors (Lipinski definition) is 3. The van der Waals surface area contributed by atoms with Gasteiger partial charge in [-0.2, -0.15) is 5.10 Å². The number of anilines is 1. The lowest BCUT2D eigenvalue weighted by Gasteiger charge is -2.05. The van der Waals surface area contributed by atoms with Crippen molar-refractivity contribution in [1.29, 1.82) is 0 Å². The average molecular weight is 269 g/mol. The second-order valence-electron chi connectivity index (χ2n) is 4.12. The molecule has 1 saturated carbocycles. The van der Waals surface area contributed by atoms with Crippen molar-refractivity contribution in [2.45, 2.75) is 18.8 Å². The minimum Gasteiger partial charge on any atom is -0.382 e. The Morgan fingerprint density at radius 3 is 2.76 bits per heavy atom. The first-order valence-electron chi connectivity index (χ1n) is 5.32. The highest BCUT2D eigenvalue weighted by Gasteiger charge is 2.26. The number of hydrogen-bond donors (Lipinski definition) is 1. The van der Waals surface area contributed by atoms with Gasteiger partial charge in [-0.1, -0.05) is 23.2 Å². The van der Waals surface area contributed by atoms with Gasteiger partial charge in [-0.15, -0.1) is 0 Å². The molecule has 0 aromatic carbocycles. The Balaban J connectivity index is 2.04. The van der Waals surface area contributed by atoms with Crippen LogP contribution in [0.15, 0.2) is 18.3 Å². The molecule has 2 aromatic rings. The molecule has 0 amide bonds. The third-order valence-corrected chi connectivity index (χ3v) is 3.34. The van der Waals surface area contributed by atoms with Crippen molar-refractivity contribution in [3.63, 3.8) is 0 Å². The van der Waals surface area contributed by atoms with Crippen molar-refractivity contribution >= 4 is 29.0 Å². The minimum absolute atomic E-state index is 0.259. The number of nitrogen functional groups attached to an aromatic ring is 1. The lowest BCUT2D eigenvalue weighted by Crippen LogP contribution is -2.03. The Hall–Kier alpha value is -1.26. The number of pyridine rings is 1. The molecule has 0 saturated heterocycles. The predicted molar refractivity (Wildman–Crippen MR) is 67.8 cm³/mol. The van der Waals surface area contributed by atoms with E-state index in [9.17, 15) is 0 Å². The second kappa shape index (κ2) is 3.89. The molecule has 17 heavy (non-hydrogen) atoms. The molecule has 0 unspecified atom stereocenters. The van der Waals surface area contributed by atoms with E-state index in [0.717, 1.165) is 5.69 Å². The minimum atomic E-state index is 0.259. The number of halogens is 2. The first-order valence-corrected chi connectivity index (χ1v) is 6.08. The van der Waals surface area contributed by atoms with Gasteiger partial charge in [0, 0.05) is 12.1 Å². The summed E-state index contributed by atoms with van der Waals surface area (Å²) in [5.41, 5.74) is 6.74. The van der Waals surface area contributed by atoms with Crippen molar-refractivity contribution in [2.75, 3.05) is 5.73 Å². The maximum Gasteiger partial charge on any atom is 0.174 e. The van der Waals surface area contributed by atoms with Crippen molar-refractivity contribution in [2.24, 2.45) is 0 Å². The molecule has 2 aromatic heterocycles. The normalized spacial score (nSPS) is 15.2. The predicted octanol–water partition coefficient (Wildman–Crippen LogP) is 3.03. The summed E-state index contributed by atoms with van der Waals surface area (Å²) in [6, 6.07) is 3.57. The smallest absolute Gasteiger partial charge is 0.174 e. The molecule has 0 atom stereocenters. The van der Waals surface area contributed by atoms with Crippen LogP contribution in [0.1, 0.15) is 24.5 Å². The molecule has 4 nitrogen and oxygen atoms in total. The number of nitrogens with two attached hydrogens (primary N) is 1. The van der Waals surface area contributed by atoms with Gasteiger partial charge in [0.2, 0.25) is 0 Å². The molecular weight excluding hydrogens is 259 g/mol. The van der Waals surface area contributed by atoms with Crippen molar-refractivity contribution in [1.82, 2.24) is 14.8 Å². The summed E-state index contributed by atoms with van der Waals surface area (Å²) in [6.07, 6.45) is 4.26. The Morgan fingerprint density at radius 2 is 2.06 bits per heavy atom. The molecule has 1 fully saturated rings. The van der Waals surface area contributed by atoms with Crippen LogP contribution in [-0.4, -0.2) is 14.8 Å². The van der Waals surface area contributed by atoms with E-state index in [-0.39, 0.29) is 5.82 Å². The maximum absolute atomic E-state index is 6.08. The van der Waals surface area contributed by atoms with Crippen LogP contribution in [0.2, 0.25) is 10.0 Å². The molecule has 3 rings (SSSR count). The van der Waals surface area contributed by atoms with E-state index in [1.165, 1.54) is 12.8 Å². The average Bonchev–Trinajstić information content (AvgIpc) is 3.03. The quantitative estimate of drug-likeness (QED) is 0.911. The van der Waals surface area contributed by atoms with Crippen LogP contribution in [0.3, 0.4) is 0 Å². The molecule has 0 aliphatic heterocycles. The first-order chi connectivity index (χ1) is 8.15. The molecule has 2 heterocycles. The van der Waals surface area contributed by atoms with Crippen LogP contribution in [0.4, 0.5) is 5.82 Å². The monoisotopic (exact) mass is 268 g/mol. The van der Waals surface area contributed by atoms with Crippen LogP contribution in [0.5, 0.6) is 0 Å². The number of aromatic nitrogens is 3. The summed E-state index contributed by atoms with van der Waals surface area (Å²) in [6.45, 7) is 0. The van der Waals surface area contributed by atoms with Gasteiger partial charge in [-0.25, -0.2) is 9.67 Å². The molecule has 0 spiro atoms. The third-order valence-electron chi connectivity index (χ3n) is 2.76. The van der Waals surface area contributed by atoms with Gasteiger partial charge < -0.3 is 5.73 Å². The second-order valence-corrected chi connectivity index (χ2v) is 4.93. The highest BCUT2D eigenvalue weighted by atomic mass is 35.5. The molecular formula is C11H10Cl2N4. The van der Waals surface area contributed by atoms with Crippen LogP contribution < -0.4 is 5.73 Å². The Bertz CT molecular complexity index is 575. The van der Waals surface area contributed by atoms with Crippen LogP contribution in [-0.2, 0) is 0 Å². The fraction of sp³-hybridized carbons (Fsp3) is 0.273. The fourth-order valence-corrected chi connectivity index (χ4v) is 2.13. The molecule has 0 radical (unpaired) electrons. The van der Waals surface area contributed by atoms with E-state index < -0.39 is 0 Å². The first kappa shape index (κ1) is 10.9. The van der Waals surface area contributed by atoms with Crippen molar-refractivity contribution < 1.29 is 0 Å². The SMILES string of the molecule is Nc1nc(-n2ccc(C3CC3)n2)c(Cl)cc1Cl. The van der Waals surface area contributed by atoms with E-state index in [4.69, 9.17) is 28.9 Å². The van der Waals surface area contributed by atoms with Gasteiger partial charge in [0.15, 0.2) is 5.82 Å². The van der Waals surface area contributed by atoms with Crippen LogP contribution in [0.25, 0.3) is 5.82 Å². The molecule has 0 bridgehead atoms. The van der Waals surface area contributed by atoms with E-state index in [0.29, 0.717) is 21.8 Å². The van der Waals surface area contributed by atoms with Crippen molar-refractivity contribution in [3.05, 3.63) is 34.1 Å². The summed E-state index contributed by atoms with van der Waals surface area (Å²) in [7, 11) is 0. The van der Waals surface area contributed by atoms with E-state index in [1.54, 1.807) is 10.7 Å². The van der Waals surface area contributed by atoms with Crippen LogP contribution in [0, 0.1) is 0 Å². The van der Waals surface area contributed by atoms with Gasteiger partial charge in [0.05, 0.1) is 15.7 Å². The standard InChI is InChI=1S/C11H10Cl2N4/c12-7-5-8(13)11(15-10(7)14)17-4-3-9(16-17)6-1-2-6/h3-6H,1-2H2,(H2,14,15). The number of nitrogens with zero attached hydrogens (tertiary/aromatic N) is 3. The summed E-state index contributed by atoms with van der Waals surface area (Å²) >= 11 is 11.9. The number of rotatable bonds is 2. The molecule has 88 valence electrons. The van der Waals surface area contributed by atoms with E-state index in [1.807, 2.05) is 12.3 Å². The summed E-state index contributed by atoms with van der Waals surface area (Å²) in [5.74, 6) is 1.37. The largest absolute Gasteiger partial charge is 0.382 e. The Labute approximate surface area is 108 Å². The van der Waals surface area contributed by atoms with Gasteiger partial charge in [0.1, 0.15) is 5.82 Å².